The van der Waals surface area contributed by atoms with Gasteiger partial charge < -0.3 is 4.90 Å². The zero-order valence-corrected chi connectivity index (χ0v) is 18.3. The van der Waals surface area contributed by atoms with Gasteiger partial charge in [0.2, 0.25) is 15.9 Å². The fraction of sp³-hybridized carbons (Fsp3) is 0.350. The number of hydrogen-bond donors (Lipinski definition) is 1. The minimum atomic E-state index is -3.78. The molecule has 0 spiro atoms. The number of amides is 1. The molecule has 4 rings (SSSR count). The van der Waals surface area contributed by atoms with Crippen LogP contribution >= 0.6 is 27.5 Å². The van der Waals surface area contributed by atoms with Crippen molar-refractivity contribution in [3.63, 3.8) is 0 Å². The van der Waals surface area contributed by atoms with Crippen molar-refractivity contribution in [3.8, 4) is 0 Å². The Balaban J connectivity index is 1.59. The Hall–Kier alpha value is -1.41. The molecule has 1 aliphatic heterocycles. The first-order chi connectivity index (χ1) is 13.4. The van der Waals surface area contributed by atoms with Crippen LogP contribution in [0.25, 0.3) is 0 Å². The topological polar surface area (TPSA) is 66.5 Å². The van der Waals surface area contributed by atoms with E-state index in [1.54, 1.807) is 17.0 Å². The molecule has 28 heavy (non-hydrogen) atoms. The van der Waals surface area contributed by atoms with Gasteiger partial charge in [0.1, 0.15) is 4.90 Å². The minimum absolute atomic E-state index is 0.0357. The molecule has 1 saturated carbocycles. The number of carbonyl (C=O) groups excluding carboxylic acids is 1. The zero-order chi connectivity index (χ0) is 19.9. The van der Waals surface area contributed by atoms with Gasteiger partial charge in [-0.1, -0.05) is 45.7 Å². The molecule has 1 amide bonds. The maximum absolute atomic E-state index is 13.1. The first-order valence-electron chi connectivity index (χ1n) is 9.23. The molecule has 1 fully saturated rings. The number of nitrogens with zero attached hydrogens (tertiary/aromatic N) is 1. The van der Waals surface area contributed by atoms with Gasteiger partial charge in [-0.2, -0.15) is 0 Å². The molecule has 1 heterocycles. The van der Waals surface area contributed by atoms with E-state index in [0.717, 1.165) is 24.0 Å². The molecule has 1 N–H and O–H groups in total. The second kappa shape index (κ2) is 7.78. The fourth-order valence-electron chi connectivity index (χ4n) is 3.54. The Bertz CT molecular complexity index is 1040. The van der Waals surface area contributed by atoms with Gasteiger partial charge in [-0.25, -0.2) is 13.1 Å². The third-order valence-electron chi connectivity index (χ3n) is 5.12. The predicted octanol–water partition coefficient (Wildman–Crippen LogP) is 3.92. The van der Waals surface area contributed by atoms with Gasteiger partial charge in [0.25, 0.3) is 0 Å². The monoisotopic (exact) mass is 482 g/mol. The van der Waals surface area contributed by atoms with Crippen LogP contribution in [0.3, 0.4) is 0 Å². The molecule has 5 nitrogen and oxygen atoms in total. The Morgan fingerprint density at radius 1 is 1.25 bits per heavy atom. The van der Waals surface area contributed by atoms with Gasteiger partial charge in [0.05, 0.1) is 5.69 Å². The summed E-state index contributed by atoms with van der Waals surface area (Å²) in [5.41, 5.74) is 2.30. The van der Waals surface area contributed by atoms with Crippen molar-refractivity contribution < 1.29 is 13.2 Å². The SMILES string of the molecule is O=C(C1CC1)N1CCc2cc(Br)cc(S(=O)(=O)NCCc3ccccc3Cl)c21. The zero-order valence-electron chi connectivity index (χ0n) is 15.1. The summed E-state index contributed by atoms with van der Waals surface area (Å²) in [5, 5.41) is 0.617. The lowest BCUT2D eigenvalue weighted by Crippen LogP contribution is -2.33. The highest BCUT2D eigenvalue weighted by Crippen LogP contribution is 2.41. The maximum Gasteiger partial charge on any atom is 0.242 e. The molecule has 0 atom stereocenters. The van der Waals surface area contributed by atoms with Gasteiger partial charge in [0.15, 0.2) is 0 Å². The summed E-state index contributed by atoms with van der Waals surface area (Å²) in [4.78, 5) is 14.5. The van der Waals surface area contributed by atoms with Crippen LogP contribution in [0.2, 0.25) is 5.02 Å². The lowest BCUT2D eigenvalue weighted by molar-refractivity contribution is -0.119. The van der Waals surface area contributed by atoms with Crippen molar-refractivity contribution in [2.24, 2.45) is 5.92 Å². The van der Waals surface area contributed by atoms with Crippen LogP contribution in [0, 0.1) is 5.92 Å². The van der Waals surface area contributed by atoms with Crippen molar-refractivity contribution in [2.75, 3.05) is 18.0 Å². The quantitative estimate of drug-likeness (QED) is 0.677. The van der Waals surface area contributed by atoms with E-state index in [4.69, 9.17) is 11.6 Å². The highest BCUT2D eigenvalue weighted by Gasteiger charge is 2.39. The number of carbonyl (C=O) groups is 1. The number of fused-ring (bicyclic) bond motifs is 1. The smallest absolute Gasteiger partial charge is 0.242 e. The highest BCUT2D eigenvalue weighted by atomic mass is 79.9. The Morgan fingerprint density at radius 3 is 2.71 bits per heavy atom. The Kier molecular flexibility index (Phi) is 5.53. The van der Waals surface area contributed by atoms with Crippen LogP contribution in [0.15, 0.2) is 45.8 Å². The molecule has 148 valence electrons. The number of halogens is 2. The number of benzene rings is 2. The molecule has 0 unspecified atom stereocenters. The number of anilines is 1. The molecule has 0 aromatic heterocycles. The van der Waals surface area contributed by atoms with E-state index in [-0.39, 0.29) is 23.3 Å². The lowest BCUT2D eigenvalue weighted by Gasteiger charge is -2.21. The van der Waals surface area contributed by atoms with Crippen LogP contribution in [0.5, 0.6) is 0 Å². The predicted molar refractivity (Wildman–Crippen MR) is 113 cm³/mol. The van der Waals surface area contributed by atoms with Gasteiger partial charge in [-0.05, 0) is 55.0 Å². The van der Waals surface area contributed by atoms with E-state index in [0.29, 0.717) is 34.6 Å². The second-order valence-electron chi connectivity index (χ2n) is 7.16. The van der Waals surface area contributed by atoms with Crippen molar-refractivity contribution in [2.45, 2.75) is 30.6 Å². The molecule has 2 aromatic carbocycles. The third-order valence-corrected chi connectivity index (χ3v) is 7.42. The Morgan fingerprint density at radius 2 is 2.00 bits per heavy atom. The number of sulfonamides is 1. The minimum Gasteiger partial charge on any atom is -0.310 e. The van der Waals surface area contributed by atoms with Crippen molar-refractivity contribution in [1.82, 2.24) is 4.72 Å². The largest absolute Gasteiger partial charge is 0.310 e. The van der Waals surface area contributed by atoms with Crippen LogP contribution in [0.1, 0.15) is 24.0 Å². The number of nitrogens with one attached hydrogen (secondary N) is 1. The average molecular weight is 484 g/mol. The molecule has 2 aliphatic rings. The fourth-order valence-corrected chi connectivity index (χ4v) is 5.74. The van der Waals surface area contributed by atoms with E-state index in [1.807, 2.05) is 24.3 Å². The number of rotatable bonds is 6. The average Bonchev–Trinajstić information content (AvgIpc) is 3.42. The van der Waals surface area contributed by atoms with Crippen LogP contribution in [-0.2, 0) is 27.7 Å². The van der Waals surface area contributed by atoms with Crippen molar-refractivity contribution in [1.29, 1.82) is 0 Å². The van der Waals surface area contributed by atoms with E-state index < -0.39 is 10.0 Å². The molecule has 1 aliphatic carbocycles. The summed E-state index contributed by atoms with van der Waals surface area (Å²) >= 11 is 9.56. The van der Waals surface area contributed by atoms with Gasteiger partial charge >= 0.3 is 0 Å². The van der Waals surface area contributed by atoms with Gasteiger partial charge in [0, 0.05) is 28.5 Å². The van der Waals surface area contributed by atoms with Gasteiger partial charge in [-0.15, -0.1) is 0 Å². The summed E-state index contributed by atoms with van der Waals surface area (Å²) in [7, 11) is -3.78. The standard InChI is InChI=1S/C20H20BrClN2O3S/c21-16-11-15-8-10-24(20(25)14-5-6-14)19(15)18(12-16)28(26,27)23-9-7-13-3-1-2-4-17(13)22/h1-4,11-12,14,23H,5-10H2. The summed E-state index contributed by atoms with van der Waals surface area (Å²) in [6.07, 6.45) is 2.92. The molecule has 8 heteroatoms. The summed E-state index contributed by atoms with van der Waals surface area (Å²) in [5.74, 6) is 0.0759. The van der Waals surface area contributed by atoms with E-state index >= 15 is 0 Å². The van der Waals surface area contributed by atoms with Crippen LogP contribution in [-0.4, -0.2) is 27.4 Å². The number of hydrogen-bond acceptors (Lipinski definition) is 3. The van der Waals surface area contributed by atoms with E-state index in [2.05, 4.69) is 20.7 Å². The Labute approximate surface area is 178 Å². The summed E-state index contributed by atoms with van der Waals surface area (Å²) in [6, 6.07) is 10.9. The van der Waals surface area contributed by atoms with Crippen LogP contribution in [0.4, 0.5) is 5.69 Å². The van der Waals surface area contributed by atoms with Crippen LogP contribution < -0.4 is 9.62 Å². The molecule has 0 saturated heterocycles. The summed E-state index contributed by atoms with van der Waals surface area (Å²) < 4.78 is 29.5. The molecule has 0 bridgehead atoms. The van der Waals surface area contributed by atoms with E-state index in [1.165, 1.54) is 0 Å². The first-order valence-corrected chi connectivity index (χ1v) is 11.9. The molecular formula is C20H20BrClN2O3S. The van der Waals surface area contributed by atoms with E-state index in [9.17, 15) is 13.2 Å². The van der Waals surface area contributed by atoms with Crippen molar-refractivity contribution in [3.05, 3.63) is 57.0 Å². The maximum atomic E-state index is 13.1. The summed E-state index contributed by atoms with van der Waals surface area (Å²) in [6.45, 7) is 0.757. The molecular weight excluding hydrogens is 464 g/mol. The van der Waals surface area contributed by atoms with Gasteiger partial charge in [-0.3, -0.25) is 4.79 Å². The first kappa shape index (κ1) is 19.9. The normalized spacial score (nSPS) is 16.3. The lowest BCUT2D eigenvalue weighted by atomic mass is 10.1. The highest BCUT2D eigenvalue weighted by molar-refractivity contribution is 9.10. The van der Waals surface area contributed by atoms with Crippen molar-refractivity contribution >= 4 is 49.1 Å². The molecule has 2 aromatic rings. The molecule has 0 radical (unpaired) electrons. The third kappa shape index (κ3) is 3.99. The second-order valence-corrected chi connectivity index (χ2v) is 10.2.